The van der Waals surface area contributed by atoms with Crippen LogP contribution in [0.25, 0.3) is 0 Å². The molecule has 17 heavy (non-hydrogen) atoms. The van der Waals surface area contributed by atoms with Crippen LogP contribution in [0.2, 0.25) is 0 Å². The molecule has 2 N–H and O–H groups in total. The van der Waals surface area contributed by atoms with Gasteiger partial charge in [0.15, 0.2) is 9.84 Å². The third kappa shape index (κ3) is 1.88. The summed E-state index contributed by atoms with van der Waals surface area (Å²) in [5, 5.41) is 10.2. The molecule has 1 atom stereocenters. The topological polar surface area (TPSA) is 109 Å². The van der Waals surface area contributed by atoms with Crippen molar-refractivity contribution in [2.24, 2.45) is 0 Å². The lowest BCUT2D eigenvalue weighted by molar-refractivity contribution is 0.355. The van der Waals surface area contributed by atoms with Crippen molar-refractivity contribution in [1.29, 1.82) is 0 Å². The molecule has 0 saturated heterocycles. The van der Waals surface area contributed by atoms with Crippen LogP contribution in [-0.4, -0.2) is 28.8 Å². The van der Waals surface area contributed by atoms with Crippen molar-refractivity contribution in [3.8, 4) is 5.88 Å². The maximum Gasteiger partial charge on any atom is 0.331 e. The quantitative estimate of drug-likeness (QED) is 0.665. The largest absolute Gasteiger partial charge is 0.492 e. The minimum atomic E-state index is -3.47. The summed E-state index contributed by atoms with van der Waals surface area (Å²) in [5.41, 5.74) is -2.42. The van der Waals surface area contributed by atoms with Gasteiger partial charge in [-0.2, -0.15) is 4.39 Å². The number of rotatable bonds is 1. The van der Waals surface area contributed by atoms with E-state index >= 15 is 0 Å². The maximum atomic E-state index is 13.1. The van der Waals surface area contributed by atoms with Crippen LogP contribution in [-0.2, 0) is 9.84 Å². The molecule has 0 aliphatic carbocycles. The lowest BCUT2D eigenvalue weighted by atomic mass is 10.3. The Morgan fingerprint density at radius 2 is 2.12 bits per heavy atom. The Bertz CT molecular complexity index is 714. The molecule has 1 aromatic heterocycles. The predicted molar refractivity (Wildman–Crippen MR) is 54.9 cm³/mol. The monoisotopic (exact) mass is 262 g/mol. The van der Waals surface area contributed by atoms with Gasteiger partial charge in [-0.3, -0.25) is 14.3 Å². The predicted octanol–water partition coefficient (Wildman–Crippen LogP) is -1.14. The highest BCUT2D eigenvalue weighted by Crippen LogP contribution is 2.22. The summed E-state index contributed by atoms with van der Waals surface area (Å²) in [6.45, 7) is 0. The van der Waals surface area contributed by atoms with Gasteiger partial charge in [0.05, 0.1) is 11.8 Å². The van der Waals surface area contributed by atoms with E-state index in [0.29, 0.717) is 4.57 Å². The zero-order valence-corrected chi connectivity index (χ0v) is 9.07. The van der Waals surface area contributed by atoms with E-state index in [-0.39, 0.29) is 0 Å². The number of aromatic amines is 1. The summed E-state index contributed by atoms with van der Waals surface area (Å²) in [7, 11) is -3.47. The average Bonchev–Trinajstić information content (AvgIpc) is 2.55. The van der Waals surface area contributed by atoms with Gasteiger partial charge in [0, 0.05) is 5.41 Å². The van der Waals surface area contributed by atoms with Gasteiger partial charge in [0.2, 0.25) is 11.7 Å². The zero-order valence-electron chi connectivity index (χ0n) is 8.25. The highest BCUT2D eigenvalue weighted by atomic mass is 32.2. The van der Waals surface area contributed by atoms with E-state index in [2.05, 4.69) is 0 Å². The third-order valence-electron chi connectivity index (χ3n) is 2.31. The van der Waals surface area contributed by atoms with E-state index in [4.69, 9.17) is 0 Å². The van der Waals surface area contributed by atoms with Gasteiger partial charge < -0.3 is 5.11 Å². The lowest BCUT2D eigenvalue weighted by Crippen LogP contribution is -2.34. The van der Waals surface area contributed by atoms with E-state index in [1.54, 1.807) is 4.98 Å². The number of H-pyrrole nitrogens is 1. The van der Waals surface area contributed by atoms with Crippen LogP contribution >= 0.6 is 0 Å². The summed E-state index contributed by atoms with van der Waals surface area (Å²) in [6.07, 6.45) is 1.13. The fourth-order valence-electron chi connectivity index (χ4n) is 1.54. The average molecular weight is 262 g/mol. The van der Waals surface area contributed by atoms with Gasteiger partial charge in [-0.15, -0.1) is 0 Å². The Labute approximate surface area is 93.8 Å². The molecular weight excluding hydrogens is 255 g/mol. The van der Waals surface area contributed by atoms with E-state index in [1.807, 2.05) is 0 Å². The number of allylic oxidation sites excluding steroid dienone is 1. The number of aromatic nitrogens is 2. The van der Waals surface area contributed by atoms with Crippen LogP contribution < -0.4 is 11.2 Å². The molecule has 2 heterocycles. The maximum absolute atomic E-state index is 13.1. The number of hydrogen-bond donors (Lipinski definition) is 2. The Hall–Kier alpha value is -1.90. The van der Waals surface area contributed by atoms with Gasteiger partial charge in [-0.25, -0.2) is 13.2 Å². The van der Waals surface area contributed by atoms with Gasteiger partial charge in [0.25, 0.3) is 5.56 Å². The standard InChI is InChI=1S/C8H7FN2O5S/c9-5-6(12)10-8(14)11(7(5)13)4-1-2-17(15,16)3-4/h1-2,4,13H,3H2,(H,10,12,14). The minimum Gasteiger partial charge on any atom is -0.492 e. The molecule has 0 aromatic carbocycles. The van der Waals surface area contributed by atoms with E-state index in [9.17, 15) is 27.5 Å². The van der Waals surface area contributed by atoms with Gasteiger partial charge in [0.1, 0.15) is 0 Å². The smallest absolute Gasteiger partial charge is 0.331 e. The lowest BCUT2D eigenvalue weighted by Gasteiger charge is -2.12. The molecule has 1 unspecified atom stereocenters. The van der Waals surface area contributed by atoms with E-state index in [1.165, 1.54) is 0 Å². The van der Waals surface area contributed by atoms with Crippen molar-refractivity contribution in [1.82, 2.24) is 9.55 Å². The Kier molecular flexibility index (Phi) is 2.42. The molecule has 9 heteroatoms. The number of halogens is 1. The van der Waals surface area contributed by atoms with Crippen molar-refractivity contribution in [2.75, 3.05) is 5.75 Å². The van der Waals surface area contributed by atoms with Crippen molar-refractivity contribution < 1.29 is 17.9 Å². The van der Waals surface area contributed by atoms with Crippen molar-refractivity contribution in [3.05, 3.63) is 38.1 Å². The zero-order chi connectivity index (χ0) is 12.8. The first-order valence-electron chi connectivity index (χ1n) is 4.46. The second-order valence-electron chi connectivity index (χ2n) is 3.49. The molecule has 0 radical (unpaired) electrons. The fraction of sp³-hybridized carbons (Fsp3) is 0.250. The van der Waals surface area contributed by atoms with Crippen molar-refractivity contribution >= 4 is 9.84 Å². The molecule has 0 fully saturated rings. The first kappa shape index (κ1) is 11.6. The summed E-state index contributed by atoms with van der Waals surface area (Å²) < 4.78 is 35.9. The number of nitrogens with zero attached hydrogens (tertiary/aromatic N) is 1. The Morgan fingerprint density at radius 1 is 1.47 bits per heavy atom. The van der Waals surface area contributed by atoms with Gasteiger partial charge in [-0.05, 0) is 6.08 Å². The first-order chi connectivity index (χ1) is 7.82. The van der Waals surface area contributed by atoms with Crippen LogP contribution in [0.1, 0.15) is 6.04 Å². The Balaban J connectivity index is 2.63. The molecule has 1 aromatic rings. The van der Waals surface area contributed by atoms with Crippen molar-refractivity contribution in [2.45, 2.75) is 6.04 Å². The molecular formula is C8H7FN2O5S. The number of sulfone groups is 1. The highest BCUT2D eigenvalue weighted by molar-refractivity contribution is 7.94. The molecule has 7 nitrogen and oxygen atoms in total. The number of aromatic hydroxyl groups is 1. The molecule has 2 rings (SSSR count). The van der Waals surface area contributed by atoms with E-state index < -0.39 is 44.6 Å². The van der Waals surface area contributed by atoms with Gasteiger partial charge >= 0.3 is 5.69 Å². The molecule has 0 spiro atoms. The minimum absolute atomic E-state index is 0.466. The van der Waals surface area contributed by atoms with Crippen LogP contribution in [0.15, 0.2) is 21.1 Å². The summed E-state index contributed by atoms with van der Waals surface area (Å²) in [5.74, 6) is -3.17. The molecule has 1 aliphatic rings. The highest BCUT2D eigenvalue weighted by Gasteiger charge is 2.27. The molecule has 0 amide bonds. The van der Waals surface area contributed by atoms with Crippen LogP contribution in [0.5, 0.6) is 5.88 Å². The summed E-state index contributed by atoms with van der Waals surface area (Å²) >= 11 is 0. The van der Waals surface area contributed by atoms with Crippen LogP contribution in [0.4, 0.5) is 4.39 Å². The molecule has 92 valence electrons. The van der Waals surface area contributed by atoms with E-state index in [0.717, 1.165) is 11.5 Å². The first-order valence-corrected chi connectivity index (χ1v) is 6.17. The SMILES string of the molecule is O=c1[nH]c(=O)n(C2C=CS(=O)(=O)C2)c(O)c1F. The van der Waals surface area contributed by atoms with Gasteiger partial charge in [-0.1, -0.05) is 0 Å². The molecule has 0 saturated carbocycles. The second-order valence-corrected chi connectivity index (χ2v) is 5.42. The number of nitrogens with one attached hydrogen (secondary N) is 1. The molecule has 1 aliphatic heterocycles. The normalized spacial score (nSPS) is 21.8. The van der Waals surface area contributed by atoms with Crippen molar-refractivity contribution in [3.63, 3.8) is 0 Å². The van der Waals surface area contributed by atoms with Crippen LogP contribution in [0.3, 0.4) is 0 Å². The summed E-state index contributed by atoms with van der Waals surface area (Å²) in [6, 6.07) is -1.03. The third-order valence-corrected chi connectivity index (χ3v) is 3.68. The number of hydrogen-bond acceptors (Lipinski definition) is 5. The van der Waals surface area contributed by atoms with Crippen LogP contribution in [0, 0.1) is 5.82 Å². The Morgan fingerprint density at radius 3 is 2.65 bits per heavy atom. The fourth-order valence-corrected chi connectivity index (χ4v) is 2.81. The molecule has 0 bridgehead atoms. The second kappa shape index (κ2) is 3.55. The summed E-state index contributed by atoms with van der Waals surface area (Å²) in [4.78, 5) is 23.8.